The van der Waals surface area contributed by atoms with Crippen molar-refractivity contribution < 1.29 is 9.18 Å². The van der Waals surface area contributed by atoms with Crippen molar-refractivity contribution in [2.24, 2.45) is 0 Å². The molecule has 0 saturated carbocycles. The fourth-order valence-electron chi connectivity index (χ4n) is 4.79. The molecule has 7 nitrogen and oxygen atoms in total. The first-order chi connectivity index (χ1) is 18.3. The highest BCUT2D eigenvalue weighted by Crippen LogP contribution is 2.36. The van der Waals surface area contributed by atoms with Crippen LogP contribution in [0.15, 0.2) is 46.6 Å². The first-order valence-electron chi connectivity index (χ1n) is 12.6. The maximum Gasteiger partial charge on any atom is 0.270 e. The van der Waals surface area contributed by atoms with Gasteiger partial charge >= 0.3 is 0 Å². The van der Waals surface area contributed by atoms with Crippen molar-refractivity contribution in [3.8, 4) is 6.07 Å². The lowest BCUT2D eigenvalue weighted by Gasteiger charge is -2.39. The number of rotatable bonds is 8. The fourth-order valence-corrected chi connectivity index (χ4v) is 6.05. The lowest BCUT2D eigenvalue weighted by Crippen LogP contribution is -2.49. The number of benzene rings is 1. The number of halogens is 1. The van der Waals surface area contributed by atoms with Gasteiger partial charge in [-0.1, -0.05) is 55.5 Å². The summed E-state index contributed by atoms with van der Waals surface area (Å²) in [7, 11) is 0. The van der Waals surface area contributed by atoms with Gasteiger partial charge in [0, 0.05) is 44.8 Å². The van der Waals surface area contributed by atoms with Crippen LogP contribution in [0, 0.1) is 24.1 Å². The van der Waals surface area contributed by atoms with E-state index in [1.54, 1.807) is 35.8 Å². The Morgan fingerprint density at radius 1 is 1.18 bits per heavy atom. The van der Waals surface area contributed by atoms with Gasteiger partial charge in [0.1, 0.15) is 27.6 Å². The number of aromatic nitrogens is 1. The Labute approximate surface area is 231 Å². The molecule has 1 aromatic heterocycles. The molecule has 0 aliphatic carbocycles. The quantitative estimate of drug-likeness (QED) is 0.268. The Hall–Kier alpha value is -3.42. The molecule has 0 unspecified atom stereocenters. The zero-order chi connectivity index (χ0) is 27.4. The molecule has 0 radical (unpaired) electrons. The highest BCUT2D eigenvalue weighted by molar-refractivity contribution is 8.26. The van der Waals surface area contributed by atoms with Crippen molar-refractivity contribution in [2.75, 3.05) is 42.5 Å². The molecule has 198 valence electrons. The van der Waals surface area contributed by atoms with Crippen LogP contribution in [0.25, 0.3) is 6.08 Å². The number of para-hydroxylation sites is 1. The Bertz CT molecular complexity index is 1400. The van der Waals surface area contributed by atoms with E-state index in [-0.39, 0.29) is 22.8 Å². The number of amides is 1. The molecule has 4 rings (SSSR count). The van der Waals surface area contributed by atoms with Crippen molar-refractivity contribution in [1.82, 2.24) is 9.47 Å². The highest BCUT2D eigenvalue weighted by atomic mass is 32.2. The third kappa shape index (κ3) is 5.26. The lowest BCUT2D eigenvalue weighted by atomic mass is 10.0. The van der Waals surface area contributed by atoms with Gasteiger partial charge in [-0.05, 0) is 37.1 Å². The van der Waals surface area contributed by atoms with Crippen LogP contribution in [0.4, 0.5) is 15.9 Å². The Kier molecular flexibility index (Phi) is 8.69. The standard InChI is InChI=1S/C28H30FN5O2S2/c1-4-6-12-33-25(32-15-13-31(14-16-32)23-10-8-7-9-22(23)29)20(19(3)21(18-30)26(33)35)17-24-27(36)34(11-5-2)28(37)38-24/h5,7-10,17H,2,4,6,11-16H2,1,3H3/b24-17-. The van der Waals surface area contributed by atoms with Gasteiger partial charge in [-0.15, -0.1) is 6.58 Å². The third-order valence-corrected chi connectivity index (χ3v) is 8.19. The first kappa shape index (κ1) is 27.6. The maximum absolute atomic E-state index is 14.4. The number of nitrogens with zero attached hydrogens (tertiary/aromatic N) is 5. The molecule has 38 heavy (non-hydrogen) atoms. The monoisotopic (exact) mass is 551 g/mol. The zero-order valence-electron chi connectivity index (χ0n) is 21.6. The third-order valence-electron chi connectivity index (χ3n) is 6.81. The van der Waals surface area contributed by atoms with E-state index < -0.39 is 0 Å². The SMILES string of the molecule is C=CCN1C(=O)/C(=C/c2c(C)c(C#N)c(=O)n(CCCC)c2N2CCN(c3ccccc3F)CC2)SC1=S. The first-order valence-corrected chi connectivity index (χ1v) is 13.8. The minimum absolute atomic E-state index is 0.0719. The molecule has 2 saturated heterocycles. The van der Waals surface area contributed by atoms with Gasteiger partial charge in [-0.2, -0.15) is 5.26 Å². The number of carbonyl (C=O) groups excluding carboxylic acids is 1. The molecule has 2 aliphatic rings. The van der Waals surface area contributed by atoms with Gasteiger partial charge in [0.15, 0.2) is 0 Å². The van der Waals surface area contributed by atoms with E-state index in [0.717, 1.165) is 12.8 Å². The summed E-state index contributed by atoms with van der Waals surface area (Å²) in [6.45, 7) is 10.5. The molecular weight excluding hydrogens is 521 g/mol. The van der Waals surface area contributed by atoms with E-state index in [1.165, 1.54) is 22.7 Å². The van der Waals surface area contributed by atoms with E-state index in [1.807, 2.05) is 17.9 Å². The van der Waals surface area contributed by atoms with Crippen molar-refractivity contribution in [2.45, 2.75) is 33.2 Å². The molecule has 0 atom stereocenters. The number of carbonyl (C=O) groups is 1. The molecule has 3 heterocycles. The number of piperazine rings is 1. The summed E-state index contributed by atoms with van der Waals surface area (Å²) in [5.74, 6) is 0.193. The average molecular weight is 552 g/mol. The molecule has 2 aromatic rings. The maximum atomic E-state index is 14.4. The normalized spacial score (nSPS) is 16.9. The van der Waals surface area contributed by atoms with Gasteiger partial charge in [0.2, 0.25) is 0 Å². The highest BCUT2D eigenvalue weighted by Gasteiger charge is 2.33. The van der Waals surface area contributed by atoms with E-state index in [4.69, 9.17) is 12.2 Å². The fraction of sp³-hybridized carbons (Fsp3) is 0.357. The number of anilines is 2. The Morgan fingerprint density at radius 3 is 2.50 bits per heavy atom. The van der Waals surface area contributed by atoms with Crippen LogP contribution in [0.5, 0.6) is 0 Å². The van der Waals surface area contributed by atoms with Gasteiger partial charge in [0.05, 0.1) is 10.6 Å². The zero-order valence-corrected chi connectivity index (χ0v) is 23.2. The van der Waals surface area contributed by atoms with Crippen molar-refractivity contribution in [3.05, 3.63) is 74.7 Å². The summed E-state index contributed by atoms with van der Waals surface area (Å²) in [5.41, 5.74) is 1.49. The molecule has 2 aliphatic heterocycles. The number of unbranched alkanes of at least 4 members (excludes halogenated alkanes) is 1. The molecule has 0 N–H and O–H groups in total. The van der Waals surface area contributed by atoms with Gasteiger partial charge < -0.3 is 9.80 Å². The summed E-state index contributed by atoms with van der Waals surface area (Å²) in [5, 5.41) is 9.88. The van der Waals surface area contributed by atoms with Crippen LogP contribution < -0.4 is 15.4 Å². The van der Waals surface area contributed by atoms with E-state index in [0.29, 0.717) is 71.1 Å². The summed E-state index contributed by atoms with van der Waals surface area (Å²) < 4.78 is 16.6. The molecule has 1 aromatic carbocycles. The molecule has 10 heteroatoms. The smallest absolute Gasteiger partial charge is 0.270 e. The molecular formula is C28H30FN5O2S2. The van der Waals surface area contributed by atoms with E-state index >= 15 is 0 Å². The number of pyridine rings is 1. The molecule has 0 bridgehead atoms. The number of thiocarbonyl (C=S) groups is 1. The number of nitriles is 1. The Balaban J connectivity index is 1.81. The van der Waals surface area contributed by atoms with Crippen LogP contribution in [0.3, 0.4) is 0 Å². The van der Waals surface area contributed by atoms with Crippen LogP contribution in [0.1, 0.15) is 36.5 Å². The van der Waals surface area contributed by atoms with Crippen LogP contribution in [0.2, 0.25) is 0 Å². The predicted molar refractivity (Wildman–Crippen MR) is 156 cm³/mol. The van der Waals surface area contributed by atoms with Crippen molar-refractivity contribution >= 4 is 51.8 Å². The van der Waals surface area contributed by atoms with Crippen LogP contribution in [-0.4, -0.2) is 52.4 Å². The molecule has 2 fully saturated rings. The van der Waals surface area contributed by atoms with Gasteiger partial charge in [-0.25, -0.2) is 4.39 Å². The van der Waals surface area contributed by atoms with Crippen LogP contribution in [-0.2, 0) is 11.3 Å². The number of hydrogen-bond donors (Lipinski definition) is 0. The van der Waals surface area contributed by atoms with Crippen molar-refractivity contribution in [3.63, 3.8) is 0 Å². The summed E-state index contributed by atoms with van der Waals surface area (Å²) in [4.78, 5) is 32.6. The molecule has 1 amide bonds. The number of hydrogen-bond acceptors (Lipinski definition) is 7. The second-order valence-corrected chi connectivity index (χ2v) is 10.8. The number of thioether (sulfide) groups is 1. The van der Waals surface area contributed by atoms with Crippen LogP contribution >= 0.6 is 24.0 Å². The van der Waals surface area contributed by atoms with Gasteiger partial charge in [-0.3, -0.25) is 19.1 Å². The minimum Gasteiger partial charge on any atom is -0.366 e. The summed E-state index contributed by atoms with van der Waals surface area (Å²) in [6, 6.07) is 8.80. The summed E-state index contributed by atoms with van der Waals surface area (Å²) >= 11 is 6.62. The minimum atomic E-state index is -0.332. The van der Waals surface area contributed by atoms with E-state index in [2.05, 4.69) is 17.5 Å². The van der Waals surface area contributed by atoms with E-state index in [9.17, 15) is 19.2 Å². The largest absolute Gasteiger partial charge is 0.366 e. The predicted octanol–water partition coefficient (Wildman–Crippen LogP) is 4.68. The lowest BCUT2D eigenvalue weighted by molar-refractivity contribution is -0.121. The van der Waals surface area contributed by atoms with Crippen molar-refractivity contribution in [1.29, 1.82) is 5.26 Å². The second-order valence-electron chi connectivity index (χ2n) is 9.17. The van der Waals surface area contributed by atoms with Gasteiger partial charge in [0.25, 0.3) is 11.5 Å². The average Bonchev–Trinajstić information content (AvgIpc) is 3.18. The summed E-state index contributed by atoms with van der Waals surface area (Å²) in [6.07, 6.45) is 5.02. The topological polar surface area (TPSA) is 72.6 Å². The Morgan fingerprint density at radius 2 is 1.87 bits per heavy atom. The second kappa shape index (κ2) is 12.0. The molecule has 0 spiro atoms.